The van der Waals surface area contributed by atoms with Crippen molar-refractivity contribution in [1.82, 2.24) is 0 Å². The van der Waals surface area contributed by atoms with Gasteiger partial charge in [-0.2, -0.15) is 0 Å². The van der Waals surface area contributed by atoms with E-state index in [0.29, 0.717) is 12.1 Å². The van der Waals surface area contributed by atoms with Gasteiger partial charge in [-0.3, -0.25) is 4.79 Å². The van der Waals surface area contributed by atoms with Crippen LogP contribution in [-0.2, 0) is 11.2 Å². The molecule has 0 bridgehead atoms. The predicted octanol–water partition coefficient (Wildman–Crippen LogP) is 2.72. The third kappa shape index (κ3) is 2.02. The van der Waals surface area contributed by atoms with E-state index in [1.54, 1.807) is 11.4 Å². The fraction of sp³-hybridized carbons (Fsp3) is 0.143. The molecule has 0 saturated heterocycles. The summed E-state index contributed by atoms with van der Waals surface area (Å²) in [5, 5.41) is 13.4. The molecule has 0 spiro atoms. The van der Waals surface area contributed by atoms with Gasteiger partial charge in [0.1, 0.15) is 4.88 Å². The number of carbonyl (C=O) groups is 2. The van der Waals surface area contributed by atoms with E-state index in [4.69, 9.17) is 5.11 Å². The Balaban J connectivity index is 1.77. The highest BCUT2D eigenvalue weighted by Gasteiger charge is 2.32. The fourth-order valence-electron chi connectivity index (χ4n) is 2.29. The van der Waals surface area contributed by atoms with Crippen molar-refractivity contribution in [2.75, 3.05) is 5.32 Å². The quantitative estimate of drug-likeness (QED) is 0.903. The van der Waals surface area contributed by atoms with Gasteiger partial charge in [0, 0.05) is 0 Å². The molecular formula is C14H11NO3S. The van der Waals surface area contributed by atoms with E-state index >= 15 is 0 Å². The van der Waals surface area contributed by atoms with E-state index in [1.807, 2.05) is 24.3 Å². The minimum absolute atomic E-state index is 0.139. The Morgan fingerprint density at radius 3 is 2.79 bits per heavy atom. The number of hydrogen-bond acceptors (Lipinski definition) is 3. The summed E-state index contributed by atoms with van der Waals surface area (Å²) < 4.78 is 0. The minimum atomic E-state index is -1.01. The number of amides is 1. The van der Waals surface area contributed by atoms with Crippen LogP contribution in [0.1, 0.15) is 26.7 Å². The monoisotopic (exact) mass is 273 g/mol. The second kappa shape index (κ2) is 4.51. The van der Waals surface area contributed by atoms with Crippen molar-refractivity contribution in [3.63, 3.8) is 0 Å². The van der Waals surface area contributed by atoms with Gasteiger partial charge < -0.3 is 10.4 Å². The topological polar surface area (TPSA) is 66.4 Å². The lowest BCUT2D eigenvalue weighted by Crippen LogP contribution is -2.30. The number of hydrogen-bond donors (Lipinski definition) is 2. The molecule has 96 valence electrons. The average Bonchev–Trinajstić information content (AvgIpc) is 2.79. The number of benzene rings is 1. The van der Waals surface area contributed by atoms with Crippen molar-refractivity contribution in [2.45, 2.75) is 12.3 Å². The summed E-state index contributed by atoms with van der Waals surface area (Å²) in [6.45, 7) is 0. The highest BCUT2D eigenvalue weighted by molar-refractivity contribution is 7.12. The van der Waals surface area contributed by atoms with Gasteiger partial charge in [0.15, 0.2) is 0 Å². The number of carbonyl (C=O) groups excluding carboxylic acids is 1. The number of nitrogens with one attached hydrogen (secondary N) is 1. The van der Waals surface area contributed by atoms with Gasteiger partial charge in [-0.1, -0.05) is 24.3 Å². The Hall–Kier alpha value is -2.14. The van der Waals surface area contributed by atoms with Crippen molar-refractivity contribution in [3.8, 4) is 0 Å². The molecule has 1 unspecified atom stereocenters. The summed E-state index contributed by atoms with van der Waals surface area (Å²) in [7, 11) is 0. The van der Waals surface area contributed by atoms with Crippen molar-refractivity contribution in [1.29, 1.82) is 0 Å². The maximum absolute atomic E-state index is 12.1. The molecular weight excluding hydrogens is 262 g/mol. The third-order valence-corrected chi connectivity index (χ3v) is 4.19. The van der Waals surface area contributed by atoms with Crippen LogP contribution >= 0.6 is 11.3 Å². The Bertz CT molecular complexity index is 662. The molecule has 5 heteroatoms. The van der Waals surface area contributed by atoms with E-state index in [0.717, 1.165) is 16.9 Å². The normalized spacial score (nSPS) is 16.3. The second-order valence-electron chi connectivity index (χ2n) is 4.41. The summed E-state index contributed by atoms with van der Waals surface area (Å²) in [6, 6.07) is 9.43. The molecule has 19 heavy (non-hydrogen) atoms. The van der Waals surface area contributed by atoms with Gasteiger partial charge >= 0.3 is 5.97 Å². The van der Waals surface area contributed by atoms with E-state index in [-0.39, 0.29) is 16.7 Å². The van der Waals surface area contributed by atoms with Crippen LogP contribution in [0.25, 0.3) is 0 Å². The largest absolute Gasteiger partial charge is 0.477 e. The molecule has 2 aromatic rings. The van der Waals surface area contributed by atoms with Crippen LogP contribution in [0, 0.1) is 0 Å². The van der Waals surface area contributed by atoms with Crippen molar-refractivity contribution in [2.24, 2.45) is 0 Å². The first kappa shape index (κ1) is 11.9. The highest BCUT2D eigenvalue weighted by atomic mass is 32.1. The number of carboxylic acids is 1. The van der Waals surface area contributed by atoms with Crippen LogP contribution in [0.3, 0.4) is 0 Å². The molecule has 1 atom stereocenters. The lowest BCUT2D eigenvalue weighted by atomic mass is 9.77. The molecule has 0 fully saturated rings. The van der Waals surface area contributed by atoms with E-state index in [1.165, 1.54) is 5.56 Å². The standard InChI is InChI=1S/C14H11NO3S/c16-13(10-7-8-3-1-2-4-9(8)10)15-11-5-6-19-12(11)14(17)18/h1-6,10H,7H2,(H,15,16)(H,17,18). The first-order valence-electron chi connectivity index (χ1n) is 5.86. The Morgan fingerprint density at radius 2 is 2.05 bits per heavy atom. The van der Waals surface area contributed by atoms with Crippen LogP contribution in [0.5, 0.6) is 0 Å². The highest BCUT2D eigenvalue weighted by Crippen LogP contribution is 2.36. The van der Waals surface area contributed by atoms with Crippen molar-refractivity contribution < 1.29 is 14.7 Å². The molecule has 1 heterocycles. The van der Waals surface area contributed by atoms with E-state index in [9.17, 15) is 9.59 Å². The Labute approximate surface area is 113 Å². The van der Waals surface area contributed by atoms with E-state index < -0.39 is 5.97 Å². The van der Waals surface area contributed by atoms with Crippen molar-refractivity contribution in [3.05, 3.63) is 51.7 Å². The molecule has 2 N–H and O–H groups in total. The van der Waals surface area contributed by atoms with E-state index in [2.05, 4.69) is 5.32 Å². The van der Waals surface area contributed by atoms with Gasteiger partial charge in [-0.05, 0) is 29.0 Å². The molecule has 1 aliphatic rings. The van der Waals surface area contributed by atoms with Crippen LogP contribution in [0.2, 0.25) is 0 Å². The van der Waals surface area contributed by atoms with Gasteiger partial charge in [-0.15, -0.1) is 11.3 Å². The smallest absolute Gasteiger partial charge is 0.348 e. The fourth-order valence-corrected chi connectivity index (χ4v) is 2.97. The Kier molecular flexibility index (Phi) is 2.83. The summed E-state index contributed by atoms with van der Waals surface area (Å²) in [5.74, 6) is -1.32. The second-order valence-corrected chi connectivity index (χ2v) is 5.33. The summed E-state index contributed by atoms with van der Waals surface area (Å²) in [6.07, 6.45) is 0.717. The van der Waals surface area contributed by atoms with Crippen LogP contribution in [0.4, 0.5) is 5.69 Å². The molecule has 0 saturated carbocycles. The number of fused-ring (bicyclic) bond motifs is 1. The number of thiophene rings is 1. The van der Waals surface area contributed by atoms with Gasteiger partial charge in [0.05, 0.1) is 11.6 Å². The zero-order valence-electron chi connectivity index (χ0n) is 9.92. The molecule has 1 aromatic heterocycles. The summed E-state index contributed by atoms with van der Waals surface area (Å²) >= 11 is 1.11. The molecule has 0 radical (unpaired) electrons. The number of carboxylic acid groups (broad SMARTS) is 1. The summed E-state index contributed by atoms with van der Waals surface area (Å²) in [4.78, 5) is 23.3. The molecule has 3 rings (SSSR count). The number of anilines is 1. The number of rotatable bonds is 3. The lowest BCUT2D eigenvalue weighted by molar-refractivity contribution is -0.118. The maximum atomic E-state index is 12.1. The first-order valence-corrected chi connectivity index (χ1v) is 6.74. The molecule has 1 amide bonds. The van der Waals surface area contributed by atoms with Crippen LogP contribution < -0.4 is 5.32 Å². The predicted molar refractivity (Wildman–Crippen MR) is 72.8 cm³/mol. The third-order valence-electron chi connectivity index (χ3n) is 3.29. The summed E-state index contributed by atoms with van der Waals surface area (Å²) in [5.41, 5.74) is 2.60. The zero-order chi connectivity index (χ0) is 13.4. The minimum Gasteiger partial charge on any atom is -0.477 e. The molecule has 1 aromatic carbocycles. The van der Waals surface area contributed by atoms with Crippen molar-refractivity contribution >= 4 is 28.9 Å². The molecule has 1 aliphatic carbocycles. The number of aromatic carboxylic acids is 1. The van der Waals surface area contributed by atoms with Gasteiger partial charge in [0.25, 0.3) is 0 Å². The molecule has 4 nitrogen and oxygen atoms in total. The van der Waals surface area contributed by atoms with Gasteiger partial charge in [-0.25, -0.2) is 4.79 Å². The lowest BCUT2D eigenvalue weighted by Gasteiger charge is -2.28. The average molecular weight is 273 g/mol. The maximum Gasteiger partial charge on any atom is 0.348 e. The van der Waals surface area contributed by atoms with Gasteiger partial charge in [0.2, 0.25) is 5.91 Å². The first-order chi connectivity index (χ1) is 9.16. The Morgan fingerprint density at radius 1 is 1.26 bits per heavy atom. The molecule has 0 aliphatic heterocycles. The SMILES string of the molecule is O=C(O)c1sccc1NC(=O)C1Cc2ccccc21. The van der Waals surface area contributed by atoms with Crippen LogP contribution in [0.15, 0.2) is 35.7 Å². The zero-order valence-corrected chi connectivity index (χ0v) is 10.7. The van der Waals surface area contributed by atoms with Crippen LogP contribution in [-0.4, -0.2) is 17.0 Å².